The van der Waals surface area contributed by atoms with E-state index in [0.717, 1.165) is 19.3 Å². The summed E-state index contributed by atoms with van der Waals surface area (Å²) in [4.78, 5) is 25.7. The van der Waals surface area contributed by atoms with Crippen molar-refractivity contribution < 1.29 is 9.80 Å². The van der Waals surface area contributed by atoms with E-state index in [0.29, 0.717) is 24.2 Å². The molecule has 7 aliphatic rings. The van der Waals surface area contributed by atoms with Gasteiger partial charge in [-0.05, 0) is 18.8 Å². The number of nitrogens with one attached hydrogen (secondary N) is 1. The van der Waals surface area contributed by atoms with Crippen LogP contribution in [0.2, 0.25) is 0 Å². The van der Waals surface area contributed by atoms with E-state index in [1.165, 1.54) is 4.57 Å². The van der Waals surface area contributed by atoms with Gasteiger partial charge in [-0.1, -0.05) is 0 Å². The molecule has 0 amide bonds. The van der Waals surface area contributed by atoms with Gasteiger partial charge < -0.3 is 15.0 Å². The lowest BCUT2D eigenvalue weighted by Gasteiger charge is -2.59. The zero-order chi connectivity index (χ0) is 16.2. The van der Waals surface area contributed by atoms with Crippen LogP contribution in [0, 0.1) is 27.9 Å². The second-order valence-electron chi connectivity index (χ2n) is 8.93. The summed E-state index contributed by atoms with van der Waals surface area (Å²) < 4.78 is 10.7. The highest BCUT2D eigenvalue weighted by atomic mass is 16.5. The van der Waals surface area contributed by atoms with Crippen molar-refractivity contribution in [1.29, 1.82) is 0 Å². The largest absolute Gasteiger partial charge is 0.634 e. The molecule has 3 aliphatic carbocycles. The maximum Gasteiger partial charge on any atom is 0.347 e. The zero-order valence-electron chi connectivity index (χ0n) is 13.5. The van der Waals surface area contributed by atoms with Crippen molar-refractivity contribution in [3.63, 3.8) is 0 Å². The molecule has 1 N–H and O–H groups in total. The predicted molar refractivity (Wildman–Crippen MR) is 80.4 cm³/mol. The van der Waals surface area contributed by atoms with E-state index >= 15 is 0 Å². The van der Waals surface area contributed by atoms with Gasteiger partial charge in [-0.3, -0.25) is 0 Å². The summed E-state index contributed by atoms with van der Waals surface area (Å²) in [5.41, 5.74) is -0.824. The molecular formula is C16H20N4O4. The number of hydrogen-bond donors (Lipinski definition) is 1. The van der Waals surface area contributed by atoms with Gasteiger partial charge in [0.1, 0.15) is 12.1 Å². The fourth-order valence-corrected chi connectivity index (χ4v) is 8.54. The normalized spacial score (nSPS) is 57.7. The Labute approximate surface area is 137 Å². The molecule has 8 rings (SSSR count). The Morgan fingerprint density at radius 2 is 1.83 bits per heavy atom. The van der Waals surface area contributed by atoms with E-state index in [1.807, 2.05) is 0 Å². The van der Waals surface area contributed by atoms with Crippen LogP contribution in [0.5, 0.6) is 0 Å². The Hall–Kier alpha value is -1.38. The first kappa shape index (κ1) is 12.9. The van der Waals surface area contributed by atoms with Gasteiger partial charge >= 0.3 is 11.4 Å². The molecule has 0 radical (unpaired) electrons. The van der Waals surface area contributed by atoms with Gasteiger partial charge in [0.2, 0.25) is 0 Å². The summed E-state index contributed by atoms with van der Waals surface area (Å²) in [7, 11) is 1.56. The van der Waals surface area contributed by atoms with Crippen LogP contribution in [0.3, 0.4) is 0 Å². The highest BCUT2D eigenvalue weighted by Crippen LogP contribution is 2.79. The van der Waals surface area contributed by atoms with E-state index in [2.05, 4.69) is 0 Å². The molecule has 1 aromatic heterocycles. The summed E-state index contributed by atoms with van der Waals surface area (Å²) in [6.07, 6.45) is 3.03. The van der Waals surface area contributed by atoms with Gasteiger partial charge in [-0.2, -0.15) is 0 Å². The van der Waals surface area contributed by atoms with Crippen molar-refractivity contribution in [3.05, 3.63) is 26.2 Å². The molecule has 4 aliphatic heterocycles. The smallest absolute Gasteiger partial charge is 0.347 e. The van der Waals surface area contributed by atoms with Crippen LogP contribution in [-0.4, -0.2) is 39.2 Å². The molecule has 2 spiro atoms. The molecule has 8 nitrogen and oxygen atoms in total. The Kier molecular flexibility index (Phi) is 1.79. The highest BCUT2D eigenvalue weighted by Gasteiger charge is 2.88. The fraction of sp³-hybridized carbons (Fsp3) is 0.875. The molecule has 0 aromatic carbocycles. The monoisotopic (exact) mass is 332 g/mol. The van der Waals surface area contributed by atoms with Crippen molar-refractivity contribution >= 4 is 0 Å². The minimum Gasteiger partial charge on any atom is -0.634 e. The van der Waals surface area contributed by atoms with Crippen LogP contribution in [0.15, 0.2) is 9.59 Å². The Balaban J connectivity index is 1.70. The fourth-order valence-electron chi connectivity index (χ4n) is 8.54. The van der Waals surface area contributed by atoms with Gasteiger partial charge in [-0.15, -0.1) is 0 Å². The molecule has 2 saturated heterocycles. The topological polar surface area (TPSA) is 85.7 Å². The third kappa shape index (κ3) is 0.850. The molecule has 3 saturated carbocycles. The third-order valence-electron chi connectivity index (χ3n) is 8.92. The number of hydrogen-bond acceptors (Lipinski definition) is 4. The molecule has 24 heavy (non-hydrogen) atoms. The molecule has 9 unspecified atom stereocenters. The second-order valence-corrected chi connectivity index (χ2v) is 8.93. The lowest BCUT2D eigenvalue weighted by Crippen LogP contribution is -3.14. The maximum atomic E-state index is 13.3. The second kappa shape index (κ2) is 3.32. The van der Waals surface area contributed by atoms with Crippen LogP contribution in [-0.2, 0) is 11.8 Å². The van der Waals surface area contributed by atoms with Gasteiger partial charge in [0.05, 0.1) is 30.7 Å². The standard InChI is InChI=1S/C16H20N4O4/c1-17-13(21)18-11-8-4-7-2-3-9-16(6-24-5-15(7,11)16)12(10(8)20(9)23)19(18)14(17)22/h7-12,20H,2-6H2,1H3. The third-order valence-corrected chi connectivity index (χ3v) is 8.92. The first-order valence-electron chi connectivity index (χ1n) is 9.07. The Bertz CT molecular complexity index is 931. The van der Waals surface area contributed by atoms with Crippen LogP contribution in [0.4, 0.5) is 0 Å². The lowest BCUT2D eigenvalue weighted by molar-refractivity contribution is -0.897. The molecule has 5 fully saturated rings. The van der Waals surface area contributed by atoms with Crippen LogP contribution >= 0.6 is 0 Å². The van der Waals surface area contributed by atoms with Gasteiger partial charge in [0, 0.05) is 24.8 Å². The number of nitrogens with zero attached hydrogens (tertiary/aromatic N) is 3. The molecule has 1 aromatic rings. The van der Waals surface area contributed by atoms with Crippen molar-refractivity contribution in [2.24, 2.45) is 29.7 Å². The number of aromatic nitrogens is 3. The van der Waals surface area contributed by atoms with E-state index in [1.54, 1.807) is 16.4 Å². The van der Waals surface area contributed by atoms with Crippen LogP contribution in [0.1, 0.15) is 31.3 Å². The predicted octanol–water partition coefficient (Wildman–Crippen LogP) is -1.98. The first-order chi connectivity index (χ1) is 11.6. The van der Waals surface area contributed by atoms with Gasteiger partial charge in [0.25, 0.3) is 0 Å². The maximum absolute atomic E-state index is 13.3. The SMILES string of the molecule is Cn1c(=O)n2n(c1=O)C1C3C4CC5CCC([NH+]3[O-])C13COCC53C42. The number of ether oxygens (including phenoxy) is 1. The van der Waals surface area contributed by atoms with E-state index < -0.39 is 0 Å². The average Bonchev–Trinajstić information content (AvgIpc) is 3.24. The molecule has 128 valence electrons. The lowest BCUT2D eigenvalue weighted by atomic mass is 9.46. The molecular weight excluding hydrogens is 312 g/mol. The van der Waals surface area contributed by atoms with Crippen LogP contribution < -0.4 is 16.4 Å². The van der Waals surface area contributed by atoms with E-state index in [9.17, 15) is 14.8 Å². The molecule has 6 bridgehead atoms. The van der Waals surface area contributed by atoms with E-state index in [4.69, 9.17) is 4.74 Å². The molecule has 8 heteroatoms. The minimum absolute atomic E-state index is 0.0232. The summed E-state index contributed by atoms with van der Waals surface area (Å²) in [6, 6.07) is -0.260. The van der Waals surface area contributed by atoms with Crippen molar-refractivity contribution in [1.82, 2.24) is 13.9 Å². The quantitative estimate of drug-likeness (QED) is 0.558. The summed E-state index contributed by atoms with van der Waals surface area (Å²) in [5, 5.41) is 13.7. The van der Waals surface area contributed by atoms with Crippen molar-refractivity contribution in [2.75, 3.05) is 13.2 Å². The summed E-state index contributed by atoms with van der Waals surface area (Å²) in [6.45, 7) is 1.24. The molecule has 5 heterocycles. The zero-order valence-corrected chi connectivity index (χ0v) is 13.5. The number of rotatable bonds is 0. The molecule has 9 atom stereocenters. The number of quaternary nitrogens is 1. The Morgan fingerprint density at radius 1 is 1.12 bits per heavy atom. The minimum atomic E-state index is -0.259. The highest BCUT2D eigenvalue weighted by molar-refractivity contribution is 5.32. The van der Waals surface area contributed by atoms with Crippen molar-refractivity contribution in [3.8, 4) is 0 Å². The van der Waals surface area contributed by atoms with Gasteiger partial charge in [0.15, 0.2) is 0 Å². The van der Waals surface area contributed by atoms with E-state index in [-0.39, 0.29) is 52.3 Å². The summed E-state index contributed by atoms with van der Waals surface area (Å²) >= 11 is 0. The first-order valence-corrected chi connectivity index (χ1v) is 9.07. The average molecular weight is 332 g/mol. The number of hydroxylamine groups is 2. The van der Waals surface area contributed by atoms with Gasteiger partial charge in [-0.25, -0.2) is 23.5 Å². The van der Waals surface area contributed by atoms with Crippen molar-refractivity contribution in [2.45, 2.75) is 43.4 Å². The summed E-state index contributed by atoms with van der Waals surface area (Å²) in [5.74, 6) is 0.745. The van der Waals surface area contributed by atoms with Crippen LogP contribution in [0.25, 0.3) is 0 Å². The Morgan fingerprint density at radius 3 is 2.62 bits per heavy atom.